The molecule has 1 unspecified atom stereocenters. The number of aryl methyl sites for hydroxylation is 2. The Morgan fingerprint density at radius 3 is 2.63 bits per heavy atom. The van der Waals surface area contributed by atoms with Crippen LogP contribution < -0.4 is 4.74 Å². The fourth-order valence-electron chi connectivity index (χ4n) is 2.02. The molecule has 0 aliphatic rings. The van der Waals surface area contributed by atoms with Crippen LogP contribution >= 0.6 is 27.3 Å². The highest BCUT2D eigenvalue weighted by Gasteiger charge is 2.15. The number of benzene rings is 1. The minimum Gasteiger partial charge on any atom is -0.496 e. The van der Waals surface area contributed by atoms with Gasteiger partial charge in [0.2, 0.25) is 0 Å². The molecule has 0 aliphatic heterocycles. The van der Waals surface area contributed by atoms with Crippen LogP contribution in [-0.2, 0) is 6.42 Å². The van der Waals surface area contributed by atoms with E-state index in [-0.39, 0.29) is 0 Å². The molecular formula is C15H17BrO2S. The van der Waals surface area contributed by atoms with Gasteiger partial charge in [-0.15, -0.1) is 11.3 Å². The number of hydrogen-bond donors (Lipinski definition) is 1. The molecule has 0 saturated heterocycles. The van der Waals surface area contributed by atoms with Gasteiger partial charge in [-0.05, 0) is 53.0 Å². The van der Waals surface area contributed by atoms with Gasteiger partial charge in [0.25, 0.3) is 0 Å². The Morgan fingerprint density at radius 2 is 2.05 bits per heavy atom. The van der Waals surface area contributed by atoms with Gasteiger partial charge < -0.3 is 9.84 Å². The number of rotatable bonds is 4. The fraction of sp³-hybridized carbons (Fsp3) is 0.333. The SMILES string of the molecule is COc1ccc(C)cc1CC(O)c1cc(C)c(Br)s1. The third-order valence-electron chi connectivity index (χ3n) is 3.05. The van der Waals surface area contributed by atoms with E-state index in [0.717, 1.165) is 25.5 Å². The summed E-state index contributed by atoms with van der Waals surface area (Å²) in [4.78, 5) is 0.980. The molecule has 1 heterocycles. The average Bonchev–Trinajstić information content (AvgIpc) is 2.70. The highest BCUT2D eigenvalue weighted by molar-refractivity contribution is 9.11. The lowest BCUT2D eigenvalue weighted by molar-refractivity contribution is 0.181. The van der Waals surface area contributed by atoms with Crippen LogP contribution in [0.2, 0.25) is 0 Å². The summed E-state index contributed by atoms with van der Waals surface area (Å²) in [6.45, 7) is 4.07. The summed E-state index contributed by atoms with van der Waals surface area (Å²) >= 11 is 5.08. The van der Waals surface area contributed by atoms with Gasteiger partial charge in [-0.25, -0.2) is 0 Å². The minimum atomic E-state index is -0.495. The van der Waals surface area contributed by atoms with Crippen LogP contribution in [0.25, 0.3) is 0 Å². The maximum absolute atomic E-state index is 10.4. The van der Waals surface area contributed by atoms with Crippen molar-refractivity contribution in [1.82, 2.24) is 0 Å². The predicted octanol–water partition coefficient (Wildman–Crippen LogP) is 4.41. The first kappa shape index (κ1) is 14.6. The molecular weight excluding hydrogens is 324 g/mol. The molecule has 1 N–H and O–H groups in total. The van der Waals surface area contributed by atoms with Gasteiger partial charge in [0, 0.05) is 11.3 Å². The monoisotopic (exact) mass is 340 g/mol. The number of halogens is 1. The Bertz CT molecular complexity index is 558. The van der Waals surface area contributed by atoms with E-state index in [1.165, 1.54) is 5.56 Å². The summed E-state index contributed by atoms with van der Waals surface area (Å²) in [6, 6.07) is 8.06. The van der Waals surface area contributed by atoms with Crippen LogP contribution in [0, 0.1) is 13.8 Å². The Balaban J connectivity index is 2.23. The number of aliphatic hydroxyl groups excluding tert-OH is 1. The van der Waals surface area contributed by atoms with E-state index >= 15 is 0 Å². The second-order valence-electron chi connectivity index (χ2n) is 4.64. The number of thiophene rings is 1. The van der Waals surface area contributed by atoms with E-state index in [1.54, 1.807) is 18.4 Å². The van der Waals surface area contributed by atoms with E-state index in [1.807, 2.05) is 32.0 Å². The van der Waals surface area contributed by atoms with Crippen LogP contribution in [0.4, 0.5) is 0 Å². The zero-order valence-electron chi connectivity index (χ0n) is 11.2. The van der Waals surface area contributed by atoms with E-state index in [9.17, 15) is 5.11 Å². The van der Waals surface area contributed by atoms with Crippen LogP contribution in [-0.4, -0.2) is 12.2 Å². The number of hydrogen-bond acceptors (Lipinski definition) is 3. The molecule has 0 fully saturated rings. The summed E-state index contributed by atoms with van der Waals surface area (Å²) < 4.78 is 6.43. The number of aliphatic hydroxyl groups is 1. The standard InChI is InChI=1S/C15H17BrO2S/c1-9-4-5-13(18-3)11(6-9)8-12(17)14-7-10(2)15(16)19-14/h4-7,12,17H,8H2,1-3H3. The minimum absolute atomic E-state index is 0.495. The molecule has 1 aromatic carbocycles. The molecule has 1 aromatic heterocycles. The molecule has 0 saturated carbocycles. The van der Waals surface area contributed by atoms with Crippen LogP contribution in [0.5, 0.6) is 5.75 Å². The third kappa shape index (κ3) is 3.38. The largest absolute Gasteiger partial charge is 0.496 e. The van der Waals surface area contributed by atoms with E-state index < -0.39 is 6.10 Å². The van der Waals surface area contributed by atoms with Crippen LogP contribution in [0.1, 0.15) is 27.7 Å². The van der Waals surface area contributed by atoms with Gasteiger partial charge in [0.1, 0.15) is 5.75 Å². The van der Waals surface area contributed by atoms with Crippen molar-refractivity contribution in [2.75, 3.05) is 7.11 Å². The molecule has 0 amide bonds. The maximum Gasteiger partial charge on any atom is 0.122 e. The summed E-state index contributed by atoms with van der Waals surface area (Å²) in [5.74, 6) is 0.831. The van der Waals surface area contributed by atoms with Crippen molar-refractivity contribution in [2.24, 2.45) is 0 Å². The van der Waals surface area contributed by atoms with Crippen molar-refractivity contribution in [3.05, 3.63) is 49.6 Å². The Labute approximate surface area is 126 Å². The third-order valence-corrected chi connectivity index (χ3v) is 5.29. The molecule has 102 valence electrons. The van der Waals surface area contributed by atoms with Crippen molar-refractivity contribution in [3.8, 4) is 5.75 Å². The van der Waals surface area contributed by atoms with Crippen molar-refractivity contribution >= 4 is 27.3 Å². The topological polar surface area (TPSA) is 29.5 Å². The molecule has 2 rings (SSSR count). The first-order chi connectivity index (χ1) is 9.01. The number of ether oxygens (including phenoxy) is 1. The molecule has 4 heteroatoms. The predicted molar refractivity (Wildman–Crippen MR) is 83.2 cm³/mol. The van der Waals surface area contributed by atoms with Crippen molar-refractivity contribution in [3.63, 3.8) is 0 Å². The highest BCUT2D eigenvalue weighted by atomic mass is 79.9. The molecule has 1 atom stereocenters. The van der Waals surface area contributed by atoms with Gasteiger partial charge in [-0.1, -0.05) is 17.7 Å². The lowest BCUT2D eigenvalue weighted by Crippen LogP contribution is -2.02. The molecule has 0 aliphatic carbocycles. The number of methoxy groups -OCH3 is 1. The first-order valence-corrected chi connectivity index (χ1v) is 7.69. The molecule has 0 radical (unpaired) electrons. The maximum atomic E-state index is 10.4. The van der Waals surface area contributed by atoms with Gasteiger partial charge >= 0.3 is 0 Å². The van der Waals surface area contributed by atoms with Crippen LogP contribution in [0.3, 0.4) is 0 Å². The van der Waals surface area contributed by atoms with Gasteiger partial charge in [0.15, 0.2) is 0 Å². The fourth-order valence-corrected chi connectivity index (χ4v) is 3.58. The van der Waals surface area contributed by atoms with Crippen molar-refractivity contribution < 1.29 is 9.84 Å². The Hall–Kier alpha value is -0.840. The van der Waals surface area contributed by atoms with Crippen molar-refractivity contribution in [2.45, 2.75) is 26.4 Å². The van der Waals surface area contributed by atoms with E-state index in [2.05, 4.69) is 22.0 Å². The second kappa shape index (κ2) is 6.07. The van der Waals surface area contributed by atoms with Gasteiger partial charge in [0.05, 0.1) is 17.0 Å². The average molecular weight is 341 g/mol. The molecule has 0 spiro atoms. The molecule has 0 bridgehead atoms. The summed E-state index contributed by atoms with van der Waals surface area (Å²) in [5.41, 5.74) is 3.37. The highest BCUT2D eigenvalue weighted by Crippen LogP contribution is 2.34. The van der Waals surface area contributed by atoms with E-state index in [4.69, 9.17) is 4.74 Å². The Morgan fingerprint density at radius 1 is 1.32 bits per heavy atom. The lowest BCUT2D eigenvalue weighted by Gasteiger charge is -2.13. The second-order valence-corrected chi connectivity index (χ2v) is 7.04. The smallest absolute Gasteiger partial charge is 0.122 e. The zero-order valence-corrected chi connectivity index (χ0v) is 13.6. The van der Waals surface area contributed by atoms with Gasteiger partial charge in [-0.3, -0.25) is 0 Å². The van der Waals surface area contributed by atoms with Crippen molar-refractivity contribution in [1.29, 1.82) is 0 Å². The zero-order chi connectivity index (χ0) is 14.0. The van der Waals surface area contributed by atoms with E-state index in [0.29, 0.717) is 6.42 Å². The quantitative estimate of drug-likeness (QED) is 0.892. The molecule has 19 heavy (non-hydrogen) atoms. The lowest BCUT2D eigenvalue weighted by atomic mass is 10.0. The summed E-state index contributed by atoms with van der Waals surface area (Å²) in [6.07, 6.45) is 0.0720. The summed E-state index contributed by atoms with van der Waals surface area (Å²) in [5, 5.41) is 10.4. The first-order valence-electron chi connectivity index (χ1n) is 6.08. The molecule has 2 nitrogen and oxygen atoms in total. The molecule has 2 aromatic rings. The van der Waals surface area contributed by atoms with Crippen LogP contribution in [0.15, 0.2) is 28.1 Å². The summed E-state index contributed by atoms with van der Waals surface area (Å²) in [7, 11) is 1.66. The normalized spacial score (nSPS) is 12.5. The van der Waals surface area contributed by atoms with Gasteiger partial charge in [-0.2, -0.15) is 0 Å². The Kier molecular flexibility index (Phi) is 4.66.